The molecular formula is C19H14F3N5. The van der Waals surface area contributed by atoms with Crippen LogP contribution in [0.15, 0.2) is 54.6 Å². The van der Waals surface area contributed by atoms with E-state index in [0.29, 0.717) is 22.8 Å². The van der Waals surface area contributed by atoms with Gasteiger partial charge in [-0.25, -0.2) is 4.98 Å². The normalized spacial score (nSPS) is 10.9. The lowest BCUT2D eigenvalue weighted by Crippen LogP contribution is -2.06. The number of alkyl halides is 3. The third-order valence-electron chi connectivity index (χ3n) is 3.56. The molecular weight excluding hydrogens is 355 g/mol. The number of rotatable bonds is 4. The van der Waals surface area contributed by atoms with Crippen LogP contribution in [0, 0.1) is 18.3 Å². The first-order valence-electron chi connectivity index (χ1n) is 7.91. The molecule has 1 aromatic heterocycles. The van der Waals surface area contributed by atoms with Gasteiger partial charge in [0, 0.05) is 23.1 Å². The zero-order valence-electron chi connectivity index (χ0n) is 14.2. The average molecular weight is 369 g/mol. The average Bonchev–Trinajstić information content (AvgIpc) is 2.61. The van der Waals surface area contributed by atoms with E-state index in [1.165, 1.54) is 12.1 Å². The molecule has 2 aromatic carbocycles. The third kappa shape index (κ3) is 4.73. The van der Waals surface area contributed by atoms with Crippen molar-refractivity contribution >= 4 is 23.1 Å². The summed E-state index contributed by atoms with van der Waals surface area (Å²) in [6.07, 6.45) is -4.42. The Morgan fingerprint density at radius 2 is 1.63 bits per heavy atom. The molecule has 27 heavy (non-hydrogen) atoms. The van der Waals surface area contributed by atoms with Gasteiger partial charge < -0.3 is 10.6 Å². The molecule has 0 bridgehead atoms. The molecule has 5 nitrogen and oxygen atoms in total. The zero-order valence-corrected chi connectivity index (χ0v) is 14.2. The number of hydrogen-bond donors (Lipinski definition) is 2. The van der Waals surface area contributed by atoms with Crippen LogP contribution in [0.25, 0.3) is 0 Å². The molecule has 0 fully saturated rings. The van der Waals surface area contributed by atoms with E-state index in [-0.39, 0.29) is 11.6 Å². The van der Waals surface area contributed by atoms with E-state index in [9.17, 15) is 13.2 Å². The van der Waals surface area contributed by atoms with E-state index < -0.39 is 11.7 Å². The molecule has 0 amide bonds. The Hall–Kier alpha value is -3.60. The van der Waals surface area contributed by atoms with Crippen LogP contribution in [0.5, 0.6) is 0 Å². The summed E-state index contributed by atoms with van der Waals surface area (Å²) in [5, 5.41) is 14.8. The van der Waals surface area contributed by atoms with Crippen molar-refractivity contribution in [3.05, 3.63) is 71.4 Å². The number of nitrogens with one attached hydrogen (secondary N) is 2. The summed E-state index contributed by atoms with van der Waals surface area (Å²) in [7, 11) is 0. The monoisotopic (exact) mass is 369 g/mol. The number of halogens is 3. The van der Waals surface area contributed by atoms with E-state index in [0.717, 1.165) is 12.1 Å². The summed E-state index contributed by atoms with van der Waals surface area (Å²) in [5.74, 6) is 0.611. The number of hydrogen-bond acceptors (Lipinski definition) is 5. The van der Waals surface area contributed by atoms with Crippen molar-refractivity contribution < 1.29 is 13.2 Å². The van der Waals surface area contributed by atoms with Gasteiger partial charge >= 0.3 is 6.18 Å². The van der Waals surface area contributed by atoms with Gasteiger partial charge in [-0.15, -0.1) is 0 Å². The minimum Gasteiger partial charge on any atom is -0.340 e. The molecule has 0 radical (unpaired) electrons. The number of nitrogens with zero attached hydrogens (tertiary/aromatic N) is 3. The fourth-order valence-electron chi connectivity index (χ4n) is 2.41. The minimum absolute atomic E-state index is 0.263. The Kier molecular flexibility index (Phi) is 4.94. The minimum atomic E-state index is -4.42. The number of aromatic nitrogens is 2. The summed E-state index contributed by atoms with van der Waals surface area (Å²) >= 11 is 0. The first kappa shape index (κ1) is 18.2. The molecule has 1 heterocycles. The molecule has 0 atom stereocenters. The number of nitriles is 1. The van der Waals surface area contributed by atoms with Gasteiger partial charge in [0.25, 0.3) is 0 Å². The zero-order chi connectivity index (χ0) is 19.4. The molecule has 0 aliphatic carbocycles. The van der Waals surface area contributed by atoms with Crippen molar-refractivity contribution in [1.82, 2.24) is 9.97 Å². The molecule has 0 aliphatic heterocycles. The van der Waals surface area contributed by atoms with Crippen molar-refractivity contribution in [2.24, 2.45) is 0 Å². The Balaban J connectivity index is 1.84. The van der Waals surface area contributed by atoms with Crippen molar-refractivity contribution in [3.63, 3.8) is 0 Å². The first-order chi connectivity index (χ1) is 12.8. The van der Waals surface area contributed by atoms with E-state index in [2.05, 4.69) is 20.6 Å². The highest BCUT2D eigenvalue weighted by Gasteiger charge is 2.30. The first-order valence-corrected chi connectivity index (χ1v) is 7.91. The second-order valence-corrected chi connectivity index (χ2v) is 5.74. The quantitative estimate of drug-likeness (QED) is 0.664. The van der Waals surface area contributed by atoms with Crippen LogP contribution < -0.4 is 10.6 Å². The summed E-state index contributed by atoms with van der Waals surface area (Å²) < 4.78 is 38.6. The van der Waals surface area contributed by atoms with Crippen molar-refractivity contribution in [1.29, 1.82) is 5.26 Å². The van der Waals surface area contributed by atoms with Crippen LogP contribution in [-0.4, -0.2) is 9.97 Å². The summed E-state index contributed by atoms with van der Waals surface area (Å²) in [4.78, 5) is 8.53. The Labute approximate surface area is 153 Å². The third-order valence-corrected chi connectivity index (χ3v) is 3.56. The highest BCUT2D eigenvalue weighted by molar-refractivity contribution is 5.61. The highest BCUT2D eigenvalue weighted by atomic mass is 19.4. The van der Waals surface area contributed by atoms with Crippen LogP contribution in [0.3, 0.4) is 0 Å². The Morgan fingerprint density at radius 3 is 2.33 bits per heavy atom. The smallest absolute Gasteiger partial charge is 0.340 e. The molecule has 136 valence electrons. The molecule has 0 saturated heterocycles. The standard InChI is InChI=1S/C19H14F3N5/c1-12-8-17(25-16-7-3-5-14(10-16)19(20,21)22)27-18(24-12)26-15-6-2-4-13(9-15)11-23/h2-10H,1H3,(H2,24,25,26,27). The second-order valence-electron chi connectivity index (χ2n) is 5.74. The molecule has 0 saturated carbocycles. The maximum atomic E-state index is 12.9. The predicted molar refractivity (Wildman–Crippen MR) is 95.9 cm³/mol. The van der Waals surface area contributed by atoms with Gasteiger partial charge in [0.2, 0.25) is 5.95 Å². The van der Waals surface area contributed by atoms with Crippen LogP contribution in [-0.2, 0) is 6.18 Å². The molecule has 3 aromatic rings. The molecule has 0 spiro atoms. The van der Waals surface area contributed by atoms with Crippen molar-refractivity contribution in [2.75, 3.05) is 10.6 Å². The van der Waals surface area contributed by atoms with Gasteiger partial charge in [-0.05, 0) is 43.3 Å². The SMILES string of the molecule is Cc1cc(Nc2cccc(C(F)(F)F)c2)nc(Nc2cccc(C#N)c2)n1. The van der Waals surface area contributed by atoms with Gasteiger partial charge in [0.1, 0.15) is 5.82 Å². The van der Waals surface area contributed by atoms with Crippen LogP contribution in [0.4, 0.5) is 36.3 Å². The number of aryl methyl sites for hydroxylation is 1. The van der Waals surface area contributed by atoms with Crippen LogP contribution in [0.1, 0.15) is 16.8 Å². The van der Waals surface area contributed by atoms with Gasteiger partial charge in [0.15, 0.2) is 0 Å². The topological polar surface area (TPSA) is 73.6 Å². The molecule has 3 rings (SSSR count). The Morgan fingerprint density at radius 1 is 0.926 bits per heavy atom. The Bertz CT molecular complexity index is 1010. The number of anilines is 4. The van der Waals surface area contributed by atoms with Gasteiger partial charge in [-0.2, -0.15) is 23.4 Å². The van der Waals surface area contributed by atoms with Crippen LogP contribution >= 0.6 is 0 Å². The molecule has 0 aliphatic rings. The van der Waals surface area contributed by atoms with E-state index in [1.54, 1.807) is 37.3 Å². The summed E-state index contributed by atoms with van der Waals surface area (Å²) in [6.45, 7) is 1.75. The maximum Gasteiger partial charge on any atom is 0.416 e. The lowest BCUT2D eigenvalue weighted by molar-refractivity contribution is -0.137. The summed E-state index contributed by atoms with van der Waals surface area (Å²) in [5.41, 5.74) is 1.25. The highest BCUT2D eigenvalue weighted by Crippen LogP contribution is 2.31. The largest absolute Gasteiger partial charge is 0.416 e. The van der Waals surface area contributed by atoms with Gasteiger partial charge in [-0.1, -0.05) is 12.1 Å². The summed E-state index contributed by atoms with van der Waals surface area (Å²) in [6, 6.07) is 15.3. The van der Waals surface area contributed by atoms with Crippen molar-refractivity contribution in [3.8, 4) is 6.07 Å². The van der Waals surface area contributed by atoms with Crippen molar-refractivity contribution in [2.45, 2.75) is 13.1 Å². The van der Waals surface area contributed by atoms with Gasteiger partial charge in [-0.3, -0.25) is 0 Å². The van der Waals surface area contributed by atoms with E-state index in [1.807, 2.05) is 6.07 Å². The molecule has 0 unspecified atom stereocenters. The van der Waals surface area contributed by atoms with Gasteiger partial charge in [0.05, 0.1) is 17.2 Å². The van der Waals surface area contributed by atoms with E-state index in [4.69, 9.17) is 5.26 Å². The second kappa shape index (κ2) is 7.33. The molecule has 2 N–H and O–H groups in total. The lowest BCUT2D eigenvalue weighted by atomic mass is 10.2. The predicted octanol–water partition coefficient (Wildman–Crippen LogP) is 5.16. The maximum absolute atomic E-state index is 12.9. The number of benzene rings is 2. The van der Waals surface area contributed by atoms with Crippen LogP contribution in [0.2, 0.25) is 0 Å². The fourth-order valence-corrected chi connectivity index (χ4v) is 2.41. The van der Waals surface area contributed by atoms with E-state index >= 15 is 0 Å². The molecule has 8 heteroatoms. The fraction of sp³-hybridized carbons (Fsp3) is 0.105. The lowest BCUT2D eigenvalue weighted by Gasteiger charge is -2.12.